The predicted molar refractivity (Wildman–Crippen MR) is 163 cm³/mol. The van der Waals surface area contributed by atoms with Crippen molar-refractivity contribution in [1.82, 2.24) is 30.2 Å². The Bertz CT molecular complexity index is 1150. The summed E-state index contributed by atoms with van der Waals surface area (Å²) in [6.07, 6.45) is 0. The summed E-state index contributed by atoms with van der Waals surface area (Å²) in [7, 11) is 0. The number of anilines is 1. The van der Waals surface area contributed by atoms with Crippen LogP contribution in [0.5, 0.6) is 0 Å². The number of aliphatic hydroxyl groups excluding tert-OH is 2. The monoisotopic (exact) mass is 811 g/mol. The summed E-state index contributed by atoms with van der Waals surface area (Å²) in [6.45, 7) is 0.0104. The molecule has 0 aromatic heterocycles. The molecule has 3 amide bonds. The predicted octanol–water partition coefficient (Wildman–Crippen LogP) is -3.46. The molecule has 47 heavy (non-hydrogen) atoms. The molecule has 19 heteroatoms. The fourth-order valence-electron chi connectivity index (χ4n) is 4.69. The average molecular weight is 811 g/mol. The number of aliphatic carboxylic acids is 3. The van der Waals surface area contributed by atoms with Crippen LogP contribution in [-0.4, -0.2) is 186 Å². The smallest absolute Gasteiger partial charge is 0.317 e. The van der Waals surface area contributed by atoms with E-state index in [0.29, 0.717) is 0 Å². The molecule has 264 valence electrons. The molecule has 0 spiro atoms. The van der Waals surface area contributed by atoms with Crippen LogP contribution >= 0.6 is 0 Å². The summed E-state index contributed by atoms with van der Waals surface area (Å²) >= 11 is 0. The van der Waals surface area contributed by atoms with E-state index in [-0.39, 0.29) is 162 Å². The normalized spacial score (nSPS) is 15.7. The van der Waals surface area contributed by atoms with Gasteiger partial charge >= 0.3 is 17.9 Å². The Balaban J connectivity index is 0.0000110. The minimum Gasteiger partial charge on any atom is -0.480 e. The van der Waals surface area contributed by atoms with Crippen LogP contribution in [0.2, 0.25) is 0 Å². The molecule has 0 saturated carbocycles. The van der Waals surface area contributed by atoms with Gasteiger partial charge in [0.25, 0.3) is 11.8 Å². The number of carboxylic acids is 3. The first-order valence-corrected chi connectivity index (χ1v) is 14.7. The summed E-state index contributed by atoms with van der Waals surface area (Å²) in [5.41, 5.74) is 0.207. The van der Waals surface area contributed by atoms with Crippen LogP contribution in [0.3, 0.4) is 0 Å². The van der Waals surface area contributed by atoms with Gasteiger partial charge in [-0.25, -0.2) is 0 Å². The topological polar surface area (TPSA) is 253 Å². The second kappa shape index (κ2) is 22.7. The van der Waals surface area contributed by atoms with Crippen molar-refractivity contribution in [3.8, 4) is 0 Å². The molecule has 1 aromatic rings. The number of nitrogens with zero attached hydrogens (tertiary/aromatic N) is 4. The largest absolute Gasteiger partial charge is 0.480 e. The number of rotatable bonds is 15. The standard InChI is InChI=1S/C28H43N7O11.Gd/c36-11-1-29-27(45)20-13-21(28(46)30-2-12-37)15-22(14-20)31-23(38)16-32-3-5-33(17-24(39)40)7-9-35(19-26(43)44)10-8-34(6-4-32)18-25(41)42;/h13-15,36-37H,1-12,16-19H2,(H,29,45)(H,30,46)(H,31,38)(H,39,40)(H,41,42)(H,43,44);. The minimum atomic E-state index is -1.07. The van der Waals surface area contributed by atoms with E-state index in [2.05, 4.69) is 16.0 Å². The van der Waals surface area contributed by atoms with Crippen LogP contribution in [0, 0.1) is 39.9 Å². The van der Waals surface area contributed by atoms with Gasteiger partial charge in [-0.15, -0.1) is 0 Å². The zero-order valence-electron chi connectivity index (χ0n) is 25.9. The molecule has 0 atom stereocenters. The van der Waals surface area contributed by atoms with Gasteiger partial charge in [-0.2, -0.15) is 0 Å². The minimum absolute atomic E-state index is 0. The van der Waals surface area contributed by atoms with Gasteiger partial charge in [0.1, 0.15) is 0 Å². The Morgan fingerprint density at radius 3 is 1.17 bits per heavy atom. The van der Waals surface area contributed by atoms with Crippen molar-refractivity contribution in [2.24, 2.45) is 0 Å². The molecular formula is C28H43GdN7O11. The summed E-state index contributed by atoms with van der Waals surface area (Å²) in [4.78, 5) is 79.4. The Kier molecular flexibility index (Phi) is 20.3. The maximum Gasteiger partial charge on any atom is 0.317 e. The van der Waals surface area contributed by atoms with E-state index in [0.717, 1.165) is 0 Å². The maximum absolute atomic E-state index is 13.2. The third-order valence-electron chi connectivity index (χ3n) is 6.91. The summed E-state index contributed by atoms with van der Waals surface area (Å²) in [6, 6.07) is 4.02. The second-order valence-electron chi connectivity index (χ2n) is 10.6. The Labute approximate surface area is 303 Å². The molecule has 0 unspecified atom stereocenters. The fraction of sp³-hybridized carbons (Fsp3) is 0.571. The van der Waals surface area contributed by atoms with E-state index in [1.807, 2.05) is 0 Å². The molecule has 0 radical (unpaired) electrons. The van der Waals surface area contributed by atoms with Gasteiger partial charge in [0.15, 0.2) is 0 Å². The molecule has 0 aliphatic carbocycles. The van der Waals surface area contributed by atoms with Crippen LogP contribution in [0.4, 0.5) is 5.69 Å². The van der Waals surface area contributed by atoms with Crippen molar-refractivity contribution in [3.63, 3.8) is 0 Å². The number of carboxylic acid groups (broad SMARTS) is 3. The van der Waals surface area contributed by atoms with Crippen molar-refractivity contribution in [3.05, 3.63) is 29.3 Å². The Morgan fingerprint density at radius 2 is 0.872 bits per heavy atom. The number of carbonyl (C=O) groups excluding carboxylic acids is 3. The number of hydrogen-bond donors (Lipinski definition) is 8. The number of benzene rings is 1. The Hall–Kier alpha value is -2.88. The van der Waals surface area contributed by atoms with E-state index in [1.165, 1.54) is 18.2 Å². The van der Waals surface area contributed by atoms with E-state index in [4.69, 9.17) is 10.2 Å². The zero-order valence-corrected chi connectivity index (χ0v) is 28.1. The van der Waals surface area contributed by atoms with Crippen LogP contribution < -0.4 is 16.0 Å². The molecule has 2 rings (SSSR count). The van der Waals surface area contributed by atoms with Crippen molar-refractivity contribution < 1.29 is 94.2 Å². The van der Waals surface area contributed by atoms with Crippen molar-refractivity contribution in [2.45, 2.75) is 0 Å². The first kappa shape index (κ1) is 42.1. The zero-order chi connectivity index (χ0) is 34.1. The maximum atomic E-state index is 13.2. The van der Waals surface area contributed by atoms with Gasteiger partial charge in [-0.1, -0.05) is 0 Å². The summed E-state index contributed by atoms with van der Waals surface area (Å²) < 4.78 is 0. The molecule has 0 bridgehead atoms. The number of hydrogen-bond acceptors (Lipinski definition) is 12. The first-order chi connectivity index (χ1) is 21.9. The average Bonchev–Trinajstić information content (AvgIpc) is 2.98. The third-order valence-corrected chi connectivity index (χ3v) is 6.91. The second-order valence-corrected chi connectivity index (χ2v) is 10.6. The van der Waals surface area contributed by atoms with Gasteiger partial charge < -0.3 is 41.5 Å². The molecule has 1 aliphatic rings. The summed E-state index contributed by atoms with van der Waals surface area (Å²) in [5.74, 6) is -4.92. The van der Waals surface area contributed by atoms with Gasteiger partial charge in [0, 0.05) is 122 Å². The van der Waals surface area contributed by atoms with E-state index >= 15 is 0 Å². The number of nitrogens with one attached hydrogen (secondary N) is 3. The number of aliphatic hydroxyl groups is 2. The van der Waals surface area contributed by atoms with Gasteiger partial charge in [-0.3, -0.25) is 48.4 Å². The molecule has 1 aromatic carbocycles. The fourth-order valence-corrected chi connectivity index (χ4v) is 4.69. The van der Waals surface area contributed by atoms with Crippen LogP contribution in [0.1, 0.15) is 20.7 Å². The molecule has 18 nitrogen and oxygen atoms in total. The summed E-state index contributed by atoms with van der Waals surface area (Å²) in [5, 5.41) is 53.8. The van der Waals surface area contributed by atoms with Gasteiger partial charge in [0.05, 0.1) is 39.4 Å². The van der Waals surface area contributed by atoms with E-state index in [9.17, 15) is 44.1 Å². The molecule has 1 fully saturated rings. The van der Waals surface area contributed by atoms with Crippen LogP contribution in [-0.2, 0) is 19.2 Å². The quantitative estimate of drug-likeness (QED) is 0.0858. The molecule has 8 N–H and O–H groups in total. The van der Waals surface area contributed by atoms with Crippen molar-refractivity contribution in [1.29, 1.82) is 0 Å². The molecule has 1 aliphatic heterocycles. The Morgan fingerprint density at radius 1 is 0.553 bits per heavy atom. The van der Waals surface area contributed by atoms with Crippen LogP contribution in [0.25, 0.3) is 0 Å². The first-order valence-electron chi connectivity index (χ1n) is 14.7. The van der Waals surface area contributed by atoms with E-state index < -0.39 is 35.6 Å². The molecule has 1 heterocycles. The van der Waals surface area contributed by atoms with Crippen molar-refractivity contribution in [2.75, 3.05) is 110 Å². The SMILES string of the molecule is O=C(O)CN1CCN(CC(=O)O)CCN(CC(=O)Nc2cc(C(=O)NCCO)cc(C(=O)NCCO)c2)CCN(CC(=O)O)CC1.[Gd]. The number of amides is 3. The van der Waals surface area contributed by atoms with Gasteiger partial charge in [0.2, 0.25) is 5.91 Å². The molecular weight excluding hydrogens is 768 g/mol. The van der Waals surface area contributed by atoms with Crippen molar-refractivity contribution >= 4 is 41.3 Å². The van der Waals surface area contributed by atoms with Gasteiger partial charge in [-0.05, 0) is 18.2 Å². The van der Waals surface area contributed by atoms with E-state index in [1.54, 1.807) is 19.6 Å². The van der Waals surface area contributed by atoms with Crippen LogP contribution in [0.15, 0.2) is 18.2 Å². The molecule has 1 saturated heterocycles. The number of carbonyl (C=O) groups is 6. The third kappa shape index (κ3) is 17.2.